The van der Waals surface area contributed by atoms with E-state index in [9.17, 15) is 0 Å². The molecule has 0 aromatic heterocycles. The quantitative estimate of drug-likeness (QED) is 0.223. The average Bonchev–Trinajstić information content (AvgIpc) is 3.14. The Kier molecular flexibility index (Phi) is 12.2. The molecule has 0 aromatic rings. The average molecular weight is 496 g/mol. The Hall–Kier alpha value is -0.120. The van der Waals surface area contributed by atoms with Crippen LogP contribution in [0.25, 0.3) is 0 Å². The summed E-state index contributed by atoms with van der Waals surface area (Å²) in [4.78, 5) is 6.96. The molecular formula is C20H41IN4O2. The number of nitrogens with one attached hydrogen (secondary N) is 2. The van der Waals surface area contributed by atoms with Crippen molar-refractivity contribution in [3.8, 4) is 0 Å². The van der Waals surface area contributed by atoms with Crippen molar-refractivity contribution in [2.45, 2.75) is 52.0 Å². The third-order valence-electron chi connectivity index (χ3n) is 5.56. The molecule has 0 radical (unpaired) electrons. The molecular weight excluding hydrogens is 455 g/mol. The van der Waals surface area contributed by atoms with E-state index in [0.29, 0.717) is 5.92 Å². The van der Waals surface area contributed by atoms with Gasteiger partial charge < -0.3 is 20.1 Å². The van der Waals surface area contributed by atoms with Crippen LogP contribution in [0.2, 0.25) is 0 Å². The van der Waals surface area contributed by atoms with E-state index in [1.165, 1.54) is 25.9 Å². The molecule has 0 amide bonds. The molecule has 0 bridgehead atoms. The lowest BCUT2D eigenvalue weighted by Crippen LogP contribution is -2.56. The van der Waals surface area contributed by atoms with Crippen molar-refractivity contribution in [1.29, 1.82) is 0 Å². The maximum atomic E-state index is 5.75. The number of guanidine groups is 1. The summed E-state index contributed by atoms with van der Waals surface area (Å²) in [5.74, 6) is 2.28. The second-order valence-corrected chi connectivity index (χ2v) is 8.52. The number of nitrogens with zero attached hydrogens (tertiary/aromatic N) is 2. The molecule has 2 saturated heterocycles. The molecule has 2 N–H and O–H groups in total. The second-order valence-electron chi connectivity index (χ2n) is 8.52. The van der Waals surface area contributed by atoms with Crippen LogP contribution in [-0.4, -0.2) is 76.1 Å². The first-order chi connectivity index (χ1) is 12.5. The minimum atomic E-state index is 0. The first-order valence-corrected chi connectivity index (χ1v) is 10.4. The SMILES string of the molecule is CN=C(NCCCOCC1CCOC1)NCC(C)(C)N1CCCC(C)C1.I. The lowest BCUT2D eigenvalue weighted by Gasteiger charge is -2.43. The number of rotatable bonds is 9. The summed E-state index contributed by atoms with van der Waals surface area (Å²) < 4.78 is 11.1. The van der Waals surface area contributed by atoms with Crippen molar-refractivity contribution in [3.63, 3.8) is 0 Å². The van der Waals surface area contributed by atoms with Gasteiger partial charge in [-0.15, -0.1) is 24.0 Å². The van der Waals surface area contributed by atoms with Gasteiger partial charge in [0, 0.05) is 51.4 Å². The standard InChI is InChI=1S/C20H40N4O2.HI/c1-17-7-5-10-24(13-17)20(2,3)16-23-19(21-4)22-9-6-11-25-14-18-8-12-26-15-18;/h17-18H,5-16H2,1-4H3,(H2,21,22,23);1H. The number of halogens is 1. The Balaban J connectivity index is 0.00000364. The predicted octanol–water partition coefficient (Wildman–Crippen LogP) is 2.72. The summed E-state index contributed by atoms with van der Waals surface area (Å²) in [7, 11) is 1.84. The molecule has 6 nitrogen and oxygen atoms in total. The highest BCUT2D eigenvalue weighted by atomic mass is 127. The van der Waals surface area contributed by atoms with Crippen LogP contribution in [0.4, 0.5) is 0 Å². The van der Waals surface area contributed by atoms with E-state index in [0.717, 1.165) is 64.2 Å². The van der Waals surface area contributed by atoms with Crippen molar-refractivity contribution < 1.29 is 9.47 Å². The molecule has 0 spiro atoms. The smallest absolute Gasteiger partial charge is 0.191 e. The van der Waals surface area contributed by atoms with Crippen molar-refractivity contribution in [2.75, 3.05) is 59.7 Å². The molecule has 2 aliphatic heterocycles. The fourth-order valence-electron chi connectivity index (χ4n) is 3.72. The number of hydrogen-bond donors (Lipinski definition) is 2. The van der Waals surface area contributed by atoms with Crippen LogP contribution in [0.1, 0.15) is 46.5 Å². The van der Waals surface area contributed by atoms with Gasteiger partial charge in [0.15, 0.2) is 5.96 Å². The predicted molar refractivity (Wildman–Crippen MR) is 123 cm³/mol. The topological polar surface area (TPSA) is 58.1 Å². The van der Waals surface area contributed by atoms with Crippen LogP contribution < -0.4 is 10.6 Å². The maximum Gasteiger partial charge on any atom is 0.191 e. The van der Waals surface area contributed by atoms with Gasteiger partial charge >= 0.3 is 0 Å². The molecule has 27 heavy (non-hydrogen) atoms. The minimum Gasteiger partial charge on any atom is -0.381 e. The van der Waals surface area contributed by atoms with Crippen LogP contribution in [0.3, 0.4) is 0 Å². The first-order valence-electron chi connectivity index (χ1n) is 10.4. The Labute approximate surface area is 183 Å². The molecule has 2 aliphatic rings. The van der Waals surface area contributed by atoms with Crippen LogP contribution in [0.5, 0.6) is 0 Å². The fourth-order valence-corrected chi connectivity index (χ4v) is 3.72. The lowest BCUT2D eigenvalue weighted by atomic mass is 9.93. The largest absolute Gasteiger partial charge is 0.381 e. The zero-order chi connectivity index (χ0) is 18.8. The maximum absolute atomic E-state index is 5.75. The van der Waals surface area contributed by atoms with Gasteiger partial charge in [0.05, 0.1) is 13.2 Å². The third kappa shape index (κ3) is 9.28. The van der Waals surface area contributed by atoms with E-state index < -0.39 is 0 Å². The van der Waals surface area contributed by atoms with Gasteiger partial charge in [0.2, 0.25) is 0 Å². The van der Waals surface area contributed by atoms with E-state index in [1.54, 1.807) is 0 Å². The van der Waals surface area contributed by atoms with Crippen LogP contribution >= 0.6 is 24.0 Å². The summed E-state index contributed by atoms with van der Waals surface area (Å²) in [6, 6.07) is 0. The molecule has 2 rings (SSSR count). The molecule has 0 aromatic carbocycles. The molecule has 2 heterocycles. The van der Waals surface area contributed by atoms with Gasteiger partial charge in [-0.25, -0.2) is 0 Å². The van der Waals surface area contributed by atoms with Gasteiger partial charge in [-0.1, -0.05) is 6.92 Å². The van der Waals surface area contributed by atoms with E-state index in [4.69, 9.17) is 9.47 Å². The fraction of sp³-hybridized carbons (Fsp3) is 0.950. The van der Waals surface area contributed by atoms with Crippen molar-refractivity contribution >= 4 is 29.9 Å². The van der Waals surface area contributed by atoms with Crippen LogP contribution in [0, 0.1) is 11.8 Å². The van der Waals surface area contributed by atoms with Gasteiger partial charge in [-0.05, 0) is 52.0 Å². The summed E-state index contributed by atoms with van der Waals surface area (Å²) >= 11 is 0. The number of aliphatic imine (C=N–C) groups is 1. The van der Waals surface area contributed by atoms with Crippen molar-refractivity contribution in [3.05, 3.63) is 0 Å². The second kappa shape index (κ2) is 13.2. The molecule has 160 valence electrons. The Morgan fingerprint density at radius 1 is 1.30 bits per heavy atom. The number of likely N-dealkylation sites (tertiary alicyclic amines) is 1. The van der Waals surface area contributed by atoms with Crippen molar-refractivity contribution in [2.24, 2.45) is 16.8 Å². The van der Waals surface area contributed by atoms with E-state index in [-0.39, 0.29) is 29.5 Å². The minimum absolute atomic E-state index is 0. The van der Waals surface area contributed by atoms with Gasteiger partial charge in [-0.3, -0.25) is 9.89 Å². The summed E-state index contributed by atoms with van der Waals surface area (Å²) in [6.07, 6.45) is 4.80. The van der Waals surface area contributed by atoms with Crippen LogP contribution in [-0.2, 0) is 9.47 Å². The zero-order valence-corrected chi connectivity index (χ0v) is 20.1. The normalized spacial score (nSPS) is 24.5. The molecule has 0 aliphatic carbocycles. The van der Waals surface area contributed by atoms with E-state index >= 15 is 0 Å². The highest BCUT2D eigenvalue weighted by Gasteiger charge is 2.30. The van der Waals surface area contributed by atoms with Gasteiger partial charge in [0.1, 0.15) is 0 Å². The number of ether oxygens (including phenoxy) is 2. The Morgan fingerprint density at radius 2 is 2.11 bits per heavy atom. The first kappa shape index (κ1) is 24.9. The summed E-state index contributed by atoms with van der Waals surface area (Å²) in [5, 5.41) is 6.90. The molecule has 0 saturated carbocycles. The number of piperidine rings is 1. The monoisotopic (exact) mass is 496 g/mol. The number of hydrogen-bond acceptors (Lipinski definition) is 4. The van der Waals surface area contributed by atoms with Gasteiger partial charge in [-0.2, -0.15) is 0 Å². The lowest BCUT2D eigenvalue weighted by molar-refractivity contribution is 0.0739. The highest BCUT2D eigenvalue weighted by molar-refractivity contribution is 14.0. The van der Waals surface area contributed by atoms with E-state index in [1.807, 2.05) is 7.05 Å². The molecule has 2 unspecified atom stereocenters. The zero-order valence-electron chi connectivity index (χ0n) is 17.8. The Bertz CT molecular complexity index is 428. The van der Waals surface area contributed by atoms with Crippen molar-refractivity contribution in [1.82, 2.24) is 15.5 Å². The van der Waals surface area contributed by atoms with Gasteiger partial charge in [0.25, 0.3) is 0 Å². The summed E-state index contributed by atoms with van der Waals surface area (Å²) in [6.45, 7) is 14.6. The summed E-state index contributed by atoms with van der Waals surface area (Å²) in [5.41, 5.74) is 0.138. The molecule has 7 heteroatoms. The molecule has 2 atom stereocenters. The van der Waals surface area contributed by atoms with E-state index in [2.05, 4.69) is 41.3 Å². The highest BCUT2D eigenvalue weighted by Crippen LogP contribution is 2.23. The Morgan fingerprint density at radius 3 is 2.78 bits per heavy atom. The molecule has 2 fully saturated rings. The third-order valence-corrected chi connectivity index (χ3v) is 5.56. The van der Waals surface area contributed by atoms with Crippen LogP contribution in [0.15, 0.2) is 4.99 Å².